The van der Waals surface area contributed by atoms with Crippen molar-refractivity contribution in [3.8, 4) is 0 Å². The molecule has 0 saturated carbocycles. The molecule has 3 aromatic rings. The first-order valence-corrected chi connectivity index (χ1v) is 14.0. The van der Waals surface area contributed by atoms with E-state index in [4.69, 9.17) is 9.73 Å². The van der Waals surface area contributed by atoms with Gasteiger partial charge < -0.3 is 14.8 Å². The van der Waals surface area contributed by atoms with Crippen molar-refractivity contribution in [3.63, 3.8) is 0 Å². The predicted octanol–water partition coefficient (Wildman–Crippen LogP) is 2.70. The Hall–Kier alpha value is -2.38. The summed E-state index contributed by atoms with van der Waals surface area (Å²) in [4.78, 5) is 22.0. The Bertz CT molecular complexity index is 1310. The van der Waals surface area contributed by atoms with Gasteiger partial charge in [0.25, 0.3) is 10.0 Å². The average Bonchev–Trinajstić information content (AvgIpc) is 3.58. The van der Waals surface area contributed by atoms with Gasteiger partial charge in [0.05, 0.1) is 36.7 Å². The molecule has 180 valence electrons. The third-order valence-electron chi connectivity index (χ3n) is 5.73. The number of sulfonamides is 1. The Kier molecular flexibility index (Phi) is 6.67. The van der Waals surface area contributed by atoms with Gasteiger partial charge in [-0.2, -0.15) is 0 Å². The van der Waals surface area contributed by atoms with E-state index in [0.29, 0.717) is 16.5 Å². The van der Waals surface area contributed by atoms with Gasteiger partial charge in [-0.05, 0) is 23.6 Å². The van der Waals surface area contributed by atoms with Gasteiger partial charge in [-0.25, -0.2) is 8.42 Å². The van der Waals surface area contributed by atoms with Crippen molar-refractivity contribution < 1.29 is 23.1 Å². The highest BCUT2D eigenvalue weighted by molar-refractivity contribution is 8.15. The second-order valence-electron chi connectivity index (χ2n) is 8.06. The van der Waals surface area contributed by atoms with Crippen molar-refractivity contribution in [2.24, 2.45) is 4.99 Å². The minimum Gasteiger partial charge on any atom is -0.480 e. The molecule has 1 fully saturated rings. The number of aliphatic imine (C=N–C) groups is 1. The van der Waals surface area contributed by atoms with Crippen molar-refractivity contribution in [2.45, 2.75) is 9.46 Å². The molecule has 2 aliphatic heterocycles. The van der Waals surface area contributed by atoms with Gasteiger partial charge in [-0.1, -0.05) is 30.0 Å². The van der Waals surface area contributed by atoms with E-state index in [2.05, 4.69) is 9.88 Å². The Morgan fingerprint density at radius 1 is 1.26 bits per heavy atom. The van der Waals surface area contributed by atoms with Gasteiger partial charge in [0.2, 0.25) is 0 Å². The van der Waals surface area contributed by atoms with Crippen LogP contribution in [0.4, 0.5) is 5.69 Å². The van der Waals surface area contributed by atoms with E-state index in [-0.39, 0.29) is 4.21 Å². The van der Waals surface area contributed by atoms with Gasteiger partial charge in [0.15, 0.2) is 0 Å². The molecule has 0 aliphatic carbocycles. The van der Waals surface area contributed by atoms with Gasteiger partial charge in [-0.3, -0.25) is 19.0 Å². The average molecular weight is 521 g/mol. The first-order valence-electron chi connectivity index (χ1n) is 10.8. The number of hydrogen-bond acceptors (Lipinski definition) is 8. The van der Waals surface area contributed by atoms with Gasteiger partial charge in [0.1, 0.15) is 15.8 Å². The molecule has 0 bridgehead atoms. The fourth-order valence-corrected chi connectivity index (χ4v) is 7.80. The number of hydrogen-bond donors (Lipinski definition) is 2. The number of ether oxygens (including phenoxy) is 1. The van der Waals surface area contributed by atoms with Crippen LogP contribution in [0, 0.1) is 0 Å². The number of carboxylic acid groups (broad SMARTS) is 1. The second-order valence-corrected chi connectivity index (χ2v) is 12.4. The number of nitrogens with one attached hydrogen (secondary N) is 1. The van der Waals surface area contributed by atoms with Crippen LogP contribution in [0.3, 0.4) is 0 Å². The summed E-state index contributed by atoms with van der Waals surface area (Å²) in [5.74, 6) is -1.23. The molecule has 34 heavy (non-hydrogen) atoms. The van der Waals surface area contributed by atoms with E-state index >= 15 is 0 Å². The van der Waals surface area contributed by atoms with E-state index in [0.717, 1.165) is 71.2 Å². The standard InChI is InChI=1S/C22H24N4O5S3/c27-19(28)14-26(34(29,30)20-5-2-10-32-20)18-4-1-3-15-11-17(24-21(15)18)22-23-12-16(33-22)13-25-6-8-31-9-7-25/h1-5,10-11,16,24H,6-9,12-14H2,(H,27,28). The number of aromatic amines is 1. The number of carboxylic acids is 1. The molecular weight excluding hydrogens is 496 g/mol. The molecule has 1 saturated heterocycles. The summed E-state index contributed by atoms with van der Waals surface area (Å²) in [6.45, 7) is 4.37. The third-order valence-corrected chi connectivity index (χ3v) is 10.1. The Morgan fingerprint density at radius 3 is 2.82 bits per heavy atom. The smallest absolute Gasteiger partial charge is 0.324 e. The first-order chi connectivity index (χ1) is 16.4. The molecule has 4 heterocycles. The summed E-state index contributed by atoms with van der Waals surface area (Å²) in [6, 6.07) is 10.3. The van der Waals surface area contributed by atoms with Crippen molar-refractivity contribution in [1.82, 2.24) is 9.88 Å². The zero-order valence-corrected chi connectivity index (χ0v) is 20.7. The third kappa shape index (κ3) is 4.73. The molecule has 0 amide bonds. The molecular formula is C22H24N4O5S3. The van der Waals surface area contributed by atoms with E-state index in [1.165, 1.54) is 6.07 Å². The monoisotopic (exact) mass is 520 g/mol. The Balaban J connectivity index is 1.43. The highest BCUT2D eigenvalue weighted by atomic mass is 32.2. The number of thioether (sulfide) groups is 1. The molecule has 2 N–H and O–H groups in total. The number of carbonyl (C=O) groups is 1. The summed E-state index contributed by atoms with van der Waals surface area (Å²) >= 11 is 2.77. The number of aromatic nitrogens is 1. The lowest BCUT2D eigenvalue weighted by atomic mass is 10.2. The fourth-order valence-electron chi connectivity index (χ4n) is 4.14. The number of nitrogens with zero attached hydrogens (tertiary/aromatic N) is 3. The Labute approximate surface area is 205 Å². The van der Waals surface area contributed by atoms with Crippen LogP contribution >= 0.6 is 23.1 Å². The number of para-hydroxylation sites is 1. The number of morpholine rings is 1. The first kappa shape index (κ1) is 23.4. The minimum atomic E-state index is -4.03. The van der Waals surface area contributed by atoms with E-state index < -0.39 is 22.5 Å². The molecule has 1 aromatic carbocycles. The lowest BCUT2D eigenvalue weighted by Crippen LogP contribution is -2.40. The summed E-state index contributed by atoms with van der Waals surface area (Å²) < 4.78 is 33.0. The molecule has 2 aromatic heterocycles. The zero-order chi connectivity index (χ0) is 23.7. The maximum atomic E-state index is 13.3. The van der Waals surface area contributed by atoms with Crippen LogP contribution in [0.1, 0.15) is 5.69 Å². The second kappa shape index (κ2) is 9.70. The highest BCUT2D eigenvalue weighted by Gasteiger charge is 2.30. The van der Waals surface area contributed by atoms with Crippen LogP contribution in [-0.2, 0) is 19.6 Å². The van der Waals surface area contributed by atoms with Gasteiger partial charge >= 0.3 is 5.97 Å². The summed E-state index contributed by atoms with van der Waals surface area (Å²) in [5, 5.41) is 13.2. The fraction of sp³-hybridized carbons (Fsp3) is 0.364. The SMILES string of the molecule is O=C(O)CN(c1cccc2cc(C3=NCC(CN4CCOCC4)S3)[nH]c12)S(=O)(=O)c1cccs1. The number of benzene rings is 1. The number of thiophene rings is 1. The highest BCUT2D eigenvalue weighted by Crippen LogP contribution is 2.34. The normalized spacial score (nSPS) is 19.4. The number of fused-ring (bicyclic) bond motifs is 1. The van der Waals surface area contributed by atoms with Crippen molar-refractivity contribution >= 4 is 60.7 Å². The molecule has 1 atom stereocenters. The molecule has 2 aliphatic rings. The van der Waals surface area contributed by atoms with Gasteiger partial charge in [-0.15, -0.1) is 11.3 Å². The maximum Gasteiger partial charge on any atom is 0.324 e. The van der Waals surface area contributed by atoms with E-state index in [1.807, 2.05) is 12.1 Å². The predicted molar refractivity (Wildman–Crippen MR) is 135 cm³/mol. The lowest BCUT2D eigenvalue weighted by Gasteiger charge is -2.28. The van der Waals surface area contributed by atoms with Crippen LogP contribution in [0.15, 0.2) is 51.0 Å². The topological polar surface area (TPSA) is 115 Å². The van der Waals surface area contributed by atoms with Crippen LogP contribution in [0.25, 0.3) is 10.9 Å². The quantitative estimate of drug-likeness (QED) is 0.469. The van der Waals surface area contributed by atoms with Crippen LogP contribution in [-0.4, -0.2) is 85.6 Å². The summed E-state index contributed by atoms with van der Waals surface area (Å²) in [6.07, 6.45) is 0. The molecule has 12 heteroatoms. The molecule has 5 rings (SSSR count). The van der Waals surface area contributed by atoms with Crippen LogP contribution < -0.4 is 4.31 Å². The number of anilines is 1. The lowest BCUT2D eigenvalue weighted by molar-refractivity contribution is -0.135. The summed E-state index contributed by atoms with van der Waals surface area (Å²) in [7, 11) is -4.03. The molecule has 1 unspecified atom stereocenters. The Morgan fingerprint density at radius 2 is 2.09 bits per heavy atom. The molecule has 0 spiro atoms. The van der Waals surface area contributed by atoms with Crippen LogP contribution in [0.5, 0.6) is 0 Å². The minimum absolute atomic E-state index is 0.0965. The molecule has 0 radical (unpaired) electrons. The van der Waals surface area contributed by atoms with E-state index in [9.17, 15) is 18.3 Å². The zero-order valence-electron chi connectivity index (χ0n) is 18.2. The molecule has 9 nitrogen and oxygen atoms in total. The van der Waals surface area contributed by atoms with Crippen molar-refractivity contribution in [3.05, 3.63) is 47.5 Å². The van der Waals surface area contributed by atoms with E-state index in [1.54, 1.807) is 35.3 Å². The van der Waals surface area contributed by atoms with Crippen molar-refractivity contribution in [2.75, 3.05) is 50.2 Å². The largest absolute Gasteiger partial charge is 0.480 e. The number of rotatable bonds is 8. The number of aliphatic carboxylic acids is 1. The number of H-pyrrole nitrogens is 1. The van der Waals surface area contributed by atoms with Gasteiger partial charge in [0, 0.05) is 30.3 Å². The maximum absolute atomic E-state index is 13.3. The van der Waals surface area contributed by atoms with Crippen molar-refractivity contribution in [1.29, 1.82) is 0 Å². The van der Waals surface area contributed by atoms with Crippen LogP contribution in [0.2, 0.25) is 0 Å². The summed E-state index contributed by atoms with van der Waals surface area (Å²) in [5.41, 5.74) is 1.67.